The minimum absolute atomic E-state index is 0.00241. The van der Waals surface area contributed by atoms with Gasteiger partial charge in [0.2, 0.25) is 5.91 Å². The van der Waals surface area contributed by atoms with Crippen LogP contribution in [0, 0.1) is 5.92 Å². The predicted molar refractivity (Wildman–Crippen MR) is 101 cm³/mol. The van der Waals surface area contributed by atoms with Crippen molar-refractivity contribution < 1.29 is 9.53 Å². The van der Waals surface area contributed by atoms with Gasteiger partial charge in [-0.25, -0.2) is 0 Å². The number of benzene rings is 2. The molecule has 4 heteroatoms. The van der Waals surface area contributed by atoms with Crippen LogP contribution in [0.25, 0.3) is 0 Å². The van der Waals surface area contributed by atoms with Crippen LogP contribution in [0.5, 0.6) is 5.75 Å². The molecule has 0 bridgehead atoms. The zero-order chi connectivity index (χ0) is 18.2. The summed E-state index contributed by atoms with van der Waals surface area (Å²) in [5.74, 6) is 1.20. The summed E-state index contributed by atoms with van der Waals surface area (Å²) in [6.45, 7) is 6.73. The maximum Gasteiger partial charge on any atom is 0.237 e. The largest absolute Gasteiger partial charge is 0.497 e. The topological polar surface area (TPSA) is 50.4 Å². The summed E-state index contributed by atoms with van der Waals surface area (Å²) in [5, 5.41) is 6.44. The first-order chi connectivity index (χ1) is 12.0. The average molecular weight is 340 g/mol. The van der Waals surface area contributed by atoms with Crippen molar-refractivity contribution in [2.24, 2.45) is 5.92 Å². The molecule has 0 aliphatic carbocycles. The number of ether oxygens (including phenoxy) is 1. The lowest BCUT2D eigenvalue weighted by atomic mass is 9.95. The lowest BCUT2D eigenvalue weighted by molar-refractivity contribution is -0.123. The van der Waals surface area contributed by atoms with Crippen molar-refractivity contribution in [1.29, 1.82) is 0 Å². The quantitative estimate of drug-likeness (QED) is 0.770. The third kappa shape index (κ3) is 5.61. The number of hydrogen-bond acceptors (Lipinski definition) is 3. The highest BCUT2D eigenvalue weighted by molar-refractivity contribution is 5.81. The maximum atomic E-state index is 12.4. The van der Waals surface area contributed by atoms with Gasteiger partial charge >= 0.3 is 0 Å². The van der Waals surface area contributed by atoms with Gasteiger partial charge in [-0.15, -0.1) is 0 Å². The van der Waals surface area contributed by atoms with Crippen LogP contribution in [-0.2, 0) is 11.3 Å². The number of methoxy groups -OCH3 is 1. The molecule has 2 aromatic carbocycles. The van der Waals surface area contributed by atoms with Gasteiger partial charge in [-0.2, -0.15) is 0 Å². The summed E-state index contributed by atoms with van der Waals surface area (Å²) in [5.41, 5.74) is 2.25. The average Bonchev–Trinajstić information content (AvgIpc) is 2.64. The molecule has 0 unspecified atom stereocenters. The molecule has 0 aliphatic heterocycles. The van der Waals surface area contributed by atoms with Gasteiger partial charge < -0.3 is 10.1 Å². The Balaban J connectivity index is 1.91. The summed E-state index contributed by atoms with van der Waals surface area (Å²) in [6.07, 6.45) is 0. The molecule has 0 aromatic heterocycles. The molecule has 0 spiro atoms. The second-order valence-corrected chi connectivity index (χ2v) is 6.59. The molecule has 2 rings (SSSR count). The van der Waals surface area contributed by atoms with Gasteiger partial charge in [0.25, 0.3) is 0 Å². The Morgan fingerprint density at radius 2 is 1.64 bits per heavy atom. The molecule has 0 saturated carbocycles. The van der Waals surface area contributed by atoms with E-state index in [1.165, 1.54) is 5.56 Å². The van der Waals surface area contributed by atoms with Gasteiger partial charge in [0.05, 0.1) is 13.2 Å². The van der Waals surface area contributed by atoms with E-state index >= 15 is 0 Å². The van der Waals surface area contributed by atoms with Crippen molar-refractivity contribution in [1.82, 2.24) is 10.6 Å². The van der Waals surface area contributed by atoms with Crippen LogP contribution < -0.4 is 15.4 Å². The van der Waals surface area contributed by atoms with Gasteiger partial charge in [0, 0.05) is 12.6 Å². The smallest absolute Gasteiger partial charge is 0.237 e. The molecule has 134 valence electrons. The highest BCUT2D eigenvalue weighted by Gasteiger charge is 2.21. The SMILES string of the molecule is COc1ccc(CNC(=O)[C@@H](C)N[C@@H](c2ccccc2)C(C)C)cc1. The molecule has 2 N–H and O–H groups in total. The lowest BCUT2D eigenvalue weighted by Gasteiger charge is -2.26. The lowest BCUT2D eigenvalue weighted by Crippen LogP contribution is -2.44. The molecule has 2 aromatic rings. The van der Waals surface area contributed by atoms with Crippen LogP contribution in [0.1, 0.15) is 37.9 Å². The Bertz CT molecular complexity index is 653. The molecule has 0 aliphatic rings. The minimum atomic E-state index is -0.272. The van der Waals surface area contributed by atoms with Crippen LogP contribution in [0.15, 0.2) is 54.6 Å². The van der Waals surface area contributed by atoms with Crippen molar-refractivity contribution in [2.75, 3.05) is 7.11 Å². The van der Waals surface area contributed by atoms with E-state index in [9.17, 15) is 4.79 Å². The molecule has 0 heterocycles. The number of rotatable bonds is 8. The Kier molecular flexibility index (Phi) is 7.02. The van der Waals surface area contributed by atoms with Crippen LogP contribution in [0.3, 0.4) is 0 Å². The first kappa shape index (κ1) is 19.0. The zero-order valence-electron chi connectivity index (χ0n) is 15.5. The fraction of sp³-hybridized carbons (Fsp3) is 0.381. The van der Waals surface area contributed by atoms with Crippen molar-refractivity contribution in [3.8, 4) is 5.75 Å². The van der Waals surface area contributed by atoms with E-state index in [-0.39, 0.29) is 18.0 Å². The number of nitrogens with one attached hydrogen (secondary N) is 2. The maximum absolute atomic E-state index is 12.4. The third-order valence-corrected chi connectivity index (χ3v) is 4.27. The van der Waals surface area contributed by atoms with Crippen LogP contribution in [-0.4, -0.2) is 19.1 Å². The summed E-state index contributed by atoms with van der Waals surface area (Å²) in [7, 11) is 1.64. The Morgan fingerprint density at radius 3 is 2.20 bits per heavy atom. The fourth-order valence-electron chi connectivity index (χ4n) is 2.76. The van der Waals surface area contributed by atoms with Gasteiger partial charge in [-0.3, -0.25) is 10.1 Å². The number of carbonyl (C=O) groups is 1. The molecule has 4 nitrogen and oxygen atoms in total. The first-order valence-electron chi connectivity index (χ1n) is 8.73. The van der Waals surface area contributed by atoms with E-state index in [1.54, 1.807) is 7.11 Å². The monoisotopic (exact) mass is 340 g/mol. The van der Waals surface area contributed by atoms with E-state index in [4.69, 9.17) is 4.74 Å². The van der Waals surface area contributed by atoms with E-state index in [0.29, 0.717) is 12.5 Å². The van der Waals surface area contributed by atoms with E-state index in [0.717, 1.165) is 11.3 Å². The van der Waals surface area contributed by atoms with Gasteiger partial charge in [-0.1, -0.05) is 56.3 Å². The van der Waals surface area contributed by atoms with Crippen molar-refractivity contribution in [3.63, 3.8) is 0 Å². The van der Waals surface area contributed by atoms with Crippen LogP contribution in [0.4, 0.5) is 0 Å². The van der Waals surface area contributed by atoms with Crippen molar-refractivity contribution in [2.45, 2.75) is 39.4 Å². The second-order valence-electron chi connectivity index (χ2n) is 6.59. The Labute approximate surface area is 150 Å². The Morgan fingerprint density at radius 1 is 1.00 bits per heavy atom. The summed E-state index contributed by atoms with van der Waals surface area (Å²) >= 11 is 0. The highest BCUT2D eigenvalue weighted by atomic mass is 16.5. The molecule has 25 heavy (non-hydrogen) atoms. The number of amides is 1. The fourth-order valence-corrected chi connectivity index (χ4v) is 2.76. The number of carbonyl (C=O) groups excluding carboxylic acids is 1. The molecular weight excluding hydrogens is 312 g/mol. The summed E-state index contributed by atoms with van der Waals surface area (Å²) in [6, 6.07) is 17.8. The van der Waals surface area contributed by atoms with E-state index < -0.39 is 0 Å². The zero-order valence-corrected chi connectivity index (χ0v) is 15.5. The van der Waals surface area contributed by atoms with Crippen molar-refractivity contribution >= 4 is 5.91 Å². The molecular formula is C21H28N2O2. The molecule has 0 fully saturated rings. The summed E-state index contributed by atoms with van der Waals surface area (Å²) < 4.78 is 5.14. The van der Waals surface area contributed by atoms with E-state index in [2.05, 4.69) is 36.6 Å². The summed E-state index contributed by atoms with van der Waals surface area (Å²) in [4.78, 5) is 12.4. The van der Waals surface area contributed by atoms with Crippen LogP contribution >= 0.6 is 0 Å². The molecule has 2 atom stereocenters. The molecule has 0 saturated heterocycles. The van der Waals surface area contributed by atoms with Crippen molar-refractivity contribution in [3.05, 3.63) is 65.7 Å². The highest BCUT2D eigenvalue weighted by Crippen LogP contribution is 2.22. The van der Waals surface area contributed by atoms with E-state index in [1.807, 2.05) is 49.4 Å². The van der Waals surface area contributed by atoms with Gasteiger partial charge in [0.1, 0.15) is 5.75 Å². The molecule has 0 radical (unpaired) electrons. The standard InChI is InChI=1S/C21H28N2O2/c1-15(2)20(18-8-6-5-7-9-18)23-16(3)21(24)22-14-17-10-12-19(25-4)13-11-17/h5-13,15-16,20,23H,14H2,1-4H3,(H,22,24)/t16-,20-/m1/s1. The number of hydrogen-bond donors (Lipinski definition) is 2. The van der Waals surface area contributed by atoms with Gasteiger partial charge in [0.15, 0.2) is 0 Å². The molecule has 1 amide bonds. The van der Waals surface area contributed by atoms with Crippen LogP contribution in [0.2, 0.25) is 0 Å². The normalized spacial score (nSPS) is 13.3. The van der Waals surface area contributed by atoms with Gasteiger partial charge in [-0.05, 0) is 36.1 Å². The first-order valence-corrected chi connectivity index (χ1v) is 8.73. The minimum Gasteiger partial charge on any atom is -0.497 e. The Hall–Kier alpha value is -2.33. The second kappa shape index (κ2) is 9.23. The predicted octanol–water partition coefficient (Wildman–Crippen LogP) is 3.69. The third-order valence-electron chi connectivity index (χ3n) is 4.27.